The average Bonchev–Trinajstić information content (AvgIpc) is 3.21. The lowest BCUT2D eigenvalue weighted by Crippen LogP contribution is -2.29. The summed E-state index contributed by atoms with van der Waals surface area (Å²) in [4.78, 5) is 23.7. The van der Waals surface area contributed by atoms with Crippen LogP contribution in [0.2, 0.25) is 0 Å². The predicted molar refractivity (Wildman–Crippen MR) is 126 cm³/mol. The van der Waals surface area contributed by atoms with Crippen LogP contribution < -0.4 is 10.2 Å². The van der Waals surface area contributed by atoms with E-state index in [1.54, 1.807) is 6.07 Å². The molecule has 0 fully saturated rings. The Morgan fingerprint density at radius 3 is 2.52 bits per heavy atom. The van der Waals surface area contributed by atoms with Crippen LogP contribution in [0.4, 0.5) is 5.82 Å². The van der Waals surface area contributed by atoms with E-state index in [2.05, 4.69) is 42.3 Å². The van der Waals surface area contributed by atoms with Gasteiger partial charge in [0.1, 0.15) is 11.6 Å². The van der Waals surface area contributed by atoms with Gasteiger partial charge in [0.25, 0.3) is 5.91 Å². The molecule has 31 heavy (non-hydrogen) atoms. The second kappa shape index (κ2) is 10.5. The van der Waals surface area contributed by atoms with Crippen LogP contribution in [0, 0.1) is 0 Å². The molecule has 164 valence electrons. The van der Waals surface area contributed by atoms with Crippen molar-refractivity contribution in [3.05, 3.63) is 71.3 Å². The van der Waals surface area contributed by atoms with Crippen LogP contribution in [0.1, 0.15) is 61.2 Å². The molecule has 0 aliphatic carbocycles. The van der Waals surface area contributed by atoms with Crippen molar-refractivity contribution in [2.45, 2.75) is 57.1 Å². The summed E-state index contributed by atoms with van der Waals surface area (Å²) in [7, 11) is 2.04. The number of nitrogens with one attached hydrogen (secondary N) is 1. The molecule has 0 aliphatic rings. The minimum Gasteiger partial charge on any atom is -0.455 e. The minimum absolute atomic E-state index is 0.0638. The standard InChI is InChI=1S/C24H30N4O2S/c1-16(2)20-13-22(28(5)14-18-9-7-6-8-10-18)27-24(26-20)31-15-19-11-12-21(30-19)23(29)25-17(3)4/h6-13,16-17H,14-15H2,1-5H3,(H,25,29). The molecule has 1 amide bonds. The van der Waals surface area contributed by atoms with Crippen molar-refractivity contribution in [2.75, 3.05) is 11.9 Å². The van der Waals surface area contributed by atoms with Gasteiger partial charge in [-0.25, -0.2) is 9.97 Å². The monoisotopic (exact) mass is 438 g/mol. The molecule has 0 spiro atoms. The number of carbonyl (C=O) groups is 1. The van der Waals surface area contributed by atoms with Gasteiger partial charge in [-0.1, -0.05) is 55.9 Å². The molecule has 0 saturated heterocycles. The second-order valence-corrected chi connectivity index (χ2v) is 9.06. The second-order valence-electron chi connectivity index (χ2n) is 8.11. The molecule has 0 radical (unpaired) electrons. The largest absolute Gasteiger partial charge is 0.455 e. The molecular weight excluding hydrogens is 408 g/mol. The van der Waals surface area contributed by atoms with Gasteiger partial charge in [-0.05, 0) is 37.5 Å². The molecule has 2 heterocycles. The lowest BCUT2D eigenvalue weighted by molar-refractivity contribution is 0.0913. The third kappa shape index (κ3) is 6.59. The van der Waals surface area contributed by atoms with Gasteiger partial charge in [-0.15, -0.1) is 0 Å². The fourth-order valence-corrected chi connectivity index (χ4v) is 3.73. The molecule has 0 unspecified atom stereocenters. The van der Waals surface area contributed by atoms with Gasteiger partial charge in [0.2, 0.25) is 0 Å². The highest BCUT2D eigenvalue weighted by molar-refractivity contribution is 7.98. The van der Waals surface area contributed by atoms with Crippen molar-refractivity contribution in [1.82, 2.24) is 15.3 Å². The van der Waals surface area contributed by atoms with E-state index in [1.807, 2.05) is 45.2 Å². The van der Waals surface area contributed by atoms with Crippen LogP contribution in [-0.2, 0) is 12.3 Å². The Kier molecular flexibility index (Phi) is 7.74. The summed E-state index contributed by atoms with van der Waals surface area (Å²) in [6.45, 7) is 8.87. The number of benzene rings is 1. The van der Waals surface area contributed by atoms with Crippen LogP contribution >= 0.6 is 11.8 Å². The van der Waals surface area contributed by atoms with Crippen LogP contribution in [0.25, 0.3) is 0 Å². The number of hydrogen-bond acceptors (Lipinski definition) is 6. The first-order valence-corrected chi connectivity index (χ1v) is 11.5. The highest BCUT2D eigenvalue weighted by Gasteiger charge is 2.15. The quantitative estimate of drug-likeness (QED) is 0.363. The Morgan fingerprint density at radius 2 is 1.84 bits per heavy atom. The van der Waals surface area contributed by atoms with Gasteiger partial charge in [0, 0.05) is 31.4 Å². The Bertz CT molecular complexity index is 1000. The van der Waals surface area contributed by atoms with Gasteiger partial charge in [-0.2, -0.15) is 0 Å². The van der Waals surface area contributed by atoms with E-state index in [0.29, 0.717) is 22.6 Å². The Morgan fingerprint density at radius 1 is 1.10 bits per heavy atom. The average molecular weight is 439 g/mol. The number of furan rings is 1. The zero-order chi connectivity index (χ0) is 22.4. The first-order chi connectivity index (χ1) is 14.8. The molecule has 3 aromatic rings. The van der Waals surface area contributed by atoms with E-state index in [9.17, 15) is 4.79 Å². The molecule has 1 N–H and O–H groups in total. The maximum atomic E-state index is 12.1. The third-order valence-corrected chi connectivity index (χ3v) is 5.48. The number of rotatable bonds is 9. The lowest BCUT2D eigenvalue weighted by atomic mass is 10.1. The zero-order valence-corrected chi connectivity index (χ0v) is 19.6. The molecule has 0 saturated carbocycles. The van der Waals surface area contributed by atoms with Crippen LogP contribution in [-0.4, -0.2) is 29.0 Å². The molecule has 2 aromatic heterocycles. The molecular formula is C24H30N4O2S. The van der Waals surface area contributed by atoms with Gasteiger partial charge in [0.15, 0.2) is 10.9 Å². The van der Waals surface area contributed by atoms with Crippen molar-refractivity contribution < 1.29 is 9.21 Å². The summed E-state index contributed by atoms with van der Waals surface area (Å²) in [5.41, 5.74) is 2.23. The van der Waals surface area contributed by atoms with E-state index in [4.69, 9.17) is 14.4 Å². The minimum atomic E-state index is -0.200. The van der Waals surface area contributed by atoms with E-state index in [1.165, 1.54) is 17.3 Å². The number of amides is 1. The summed E-state index contributed by atoms with van der Waals surface area (Å²) in [6.07, 6.45) is 0. The highest BCUT2D eigenvalue weighted by Crippen LogP contribution is 2.26. The van der Waals surface area contributed by atoms with Gasteiger partial charge in [0.05, 0.1) is 5.75 Å². The van der Waals surface area contributed by atoms with Crippen molar-refractivity contribution in [2.24, 2.45) is 0 Å². The number of nitrogens with zero attached hydrogens (tertiary/aromatic N) is 3. The number of carbonyl (C=O) groups excluding carboxylic acids is 1. The zero-order valence-electron chi connectivity index (χ0n) is 18.8. The lowest BCUT2D eigenvalue weighted by Gasteiger charge is -2.20. The summed E-state index contributed by atoms with van der Waals surface area (Å²) in [6, 6.07) is 16.0. The van der Waals surface area contributed by atoms with E-state index < -0.39 is 0 Å². The number of anilines is 1. The maximum Gasteiger partial charge on any atom is 0.287 e. The maximum absolute atomic E-state index is 12.1. The summed E-state index contributed by atoms with van der Waals surface area (Å²) in [5.74, 6) is 2.58. The van der Waals surface area contributed by atoms with Crippen molar-refractivity contribution >= 4 is 23.5 Å². The highest BCUT2D eigenvalue weighted by atomic mass is 32.2. The molecule has 1 aromatic carbocycles. The molecule has 0 aliphatic heterocycles. The molecule has 0 atom stereocenters. The SMILES string of the molecule is CC(C)NC(=O)c1ccc(CSc2nc(C(C)C)cc(N(C)Cc3ccccc3)n2)o1. The van der Waals surface area contributed by atoms with Crippen molar-refractivity contribution in [1.29, 1.82) is 0 Å². The Balaban J connectivity index is 1.72. The van der Waals surface area contributed by atoms with E-state index >= 15 is 0 Å². The predicted octanol–water partition coefficient (Wildman–Crippen LogP) is 5.26. The Hall–Kier alpha value is -2.80. The topological polar surface area (TPSA) is 71.3 Å². The van der Waals surface area contributed by atoms with Gasteiger partial charge in [-0.3, -0.25) is 4.79 Å². The van der Waals surface area contributed by atoms with Crippen molar-refractivity contribution in [3.8, 4) is 0 Å². The fourth-order valence-electron chi connectivity index (χ4n) is 2.97. The van der Waals surface area contributed by atoms with Crippen molar-refractivity contribution in [3.63, 3.8) is 0 Å². The first kappa shape index (κ1) is 22.9. The fraction of sp³-hybridized carbons (Fsp3) is 0.375. The molecule has 0 bridgehead atoms. The summed E-state index contributed by atoms with van der Waals surface area (Å²) >= 11 is 1.51. The Labute approximate surface area is 188 Å². The number of hydrogen-bond donors (Lipinski definition) is 1. The molecule has 6 nitrogen and oxygen atoms in total. The van der Waals surface area contributed by atoms with Gasteiger partial charge >= 0.3 is 0 Å². The molecule has 3 rings (SSSR count). The van der Waals surface area contributed by atoms with Crippen LogP contribution in [0.15, 0.2) is 58.1 Å². The molecule has 7 heteroatoms. The number of aromatic nitrogens is 2. The first-order valence-electron chi connectivity index (χ1n) is 10.5. The van der Waals surface area contributed by atoms with E-state index in [0.717, 1.165) is 23.8 Å². The van der Waals surface area contributed by atoms with Gasteiger partial charge < -0.3 is 14.6 Å². The number of thioether (sulfide) groups is 1. The smallest absolute Gasteiger partial charge is 0.287 e. The summed E-state index contributed by atoms with van der Waals surface area (Å²) < 4.78 is 5.70. The normalized spacial score (nSPS) is 11.2. The summed E-state index contributed by atoms with van der Waals surface area (Å²) in [5, 5.41) is 3.54. The van der Waals surface area contributed by atoms with Crippen LogP contribution in [0.3, 0.4) is 0 Å². The van der Waals surface area contributed by atoms with Crippen LogP contribution in [0.5, 0.6) is 0 Å². The van der Waals surface area contributed by atoms with E-state index in [-0.39, 0.29) is 11.9 Å². The third-order valence-electron chi connectivity index (χ3n) is 4.61.